The SMILES string of the molecule is FC(F)(F)c1ccc(N/N=C\c2ccccc2OCc2ccc(Cl)cc2)nc1. The molecule has 0 spiro atoms. The van der Waals surface area contributed by atoms with E-state index in [4.69, 9.17) is 16.3 Å². The topological polar surface area (TPSA) is 46.5 Å². The number of benzene rings is 2. The molecule has 1 aromatic heterocycles. The largest absolute Gasteiger partial charge is 0.488 e. The molecule has 8 heteroatoms. The highest BCUT2D eigenvalue weighted by Gasteiger charge is 2.30. The van der Waals surface area contributed by atoms with Crippen LogP contribution in [0, 0.1) is 0 Å². The van der Waals surface area contributed by atoms with Crippen molar-refractivity contribution in [2.45, 2.75) is 12.8 Å². The molecule has 3 rings (SSSR count). The van der Waals surface area contributed by atoms with Gasteiger partial charge < -0.3 is 4.74 Å². The van der Waals surface area contributed by atoms with Gasteiger partial charge in [0.25, 0.3) is 0 Å². The summed E-state index contributed by atoms with van der Waals surface area (Å²) < 4.78 is 43.4. The minimum absolute atomic E-state index is 0.198. The first kappa shape index (κ1) is 19.7. The molecule has 3 aromatic rings. The zero-order chi connectivity index (χ0) is 20.0. The predicted octanol–water partition coefficient (Wildman–Crippen LogP) is 5.78. The molecule has 0 aliphatic carbocycles. The second-order valence-electron chi connectivity index (χ2n) is 5.75. The summed E-state index contributed by atoms with van der Waals surface area (Å²) in [6.07, 6.45) is -2.16. The van der Waals surface area contributed by atoms with Crippen molar-refractivity contribution in [2.75, 3.05) is 5.43 Å². The molecule has 0 saturated heterocycles. The number of ether oxygens (including phenoxy) is 1. The normalized spacial score (nSPS) is 11.6. The minimum Gasteiger partial charge on any atom is -0.488 e. The van der Waals surface area contributed by atoms with Gasteiger partial charge in [0.1, 0.15) is 18.2 Å². The maximum absolute atomic E-state index is 12.5. The third kappa shape index (κ3) is 5.47. The molecule has 0 atom stereocenters. The van der Waals surface area contributed by atoms with Gasteiger partial charge in [0, 0.05) is 16.8 Å². The van der Waals surface area contributed by atoms with Crippen LogP contribution in [0.1, 0.15) is 16.7 Å². The molecule has 4 nitrogen and oxygen atoms in total. The molecule has 0 aliphatic heterocycles. The molecule has 0 saturated carbocycles. The monoisotopic (exact) mass is 405 g/mol. The van der Waals surface area contributed by atoms with E-state index in [9.17, 15) is 13.2 Å². The number of rotatable bonds is 6. The third-order valence-corrected chi connectivity index (χ3v) is 3.95. The standard InChI is InChI=1S/C20H15ClF3N3O/c21-17-8-5-14(6-9-17)13-28-18-4-2-1-3-15(18)11-26-27-19-10-7-16(12-25-19)20(22,23)24/h1-12H,13H2,(H,25,27)/b26-11-. The van der Waals surface area contributed by atoms with Crippen LogP contribution in [-0.4, -0.2) is 11.2 Å². The molecule has 2 aromatic carbocycles. The van der Waals surface area contributed by atoms with E-state index in [0.29, 0.717) is 22.9 Å². The molecule has 144 valence electrons. The number of hydrogen-bond donors (Lipinski definition) is 1. The van der Waals surface area contributed by atoms with Gasteiger partial charge in [-0.05, 0) is 42.0 Å². The van der Waals surface area contributed by atoms with E-state index >= 15 is 0 Å². The average molecular weight is 406 g/mol. The summed E-state index contributed by atoms with van der Waals surface area (Å²) in [6, 6.07) is 16.7. The van der Waals surface area contributed by atoms with Crippen LogP contribution < -0.4 is 10.2 Å². The number of aromatic nitrogens is 1. The number of hydrogen-bond acceptors (Lipinski definition) is 4. The van der Waals surface area contributed by atoms with Crippen molar-refractivity contribution in [3.63, 3.8) is 0 Å². The van der Waals surface area contributed by atoms with Crippen LogP contribution in [0.15, 0.2) is 72.0 Å². The van der Waals surface area contributed by atoms with E-state index in [0.717, 1.165) is 17.8 Å². The highest BCUT2D eigenvalue weighted by atomic mass is 35.5. The third-order valence-electron chi connectivity index (χ3n) is 3.70. The lowest BCUT2D eigenvalue weighted by molar-refractivity contribution is -0.137. The number of nitrogens with zero attached hydrogens (tertiary/aromatic N) is 2. The zero-order valence-corrected chi connectivity index (χ0v) is 15.2. The molecule has 0 aliphatic rings. The van der Waals surface area contributed by atoms with Crippen LogP contribution >= 0.6 is 11.6 Å². The van der Waals surface area contributed by atoms with Crippen LogP contribution in [0.2, 0.25) is 5.02 Å². The number of pyridine rings is 1. The summed E-state index contributed by atoms with van der Waals surface area (Å²) in [5.74, 6) is 0.812. The quantitative estimate of drug-likeness (QED) is 0.417. The Labute approximate surface area is 164 Å². The molecular formula is C20H15ClF3N3O. The summed E-state index contributed by atoms with van der Waals surface area (Å²) in [7, 11) is 0. The van der Waals surface area contributed by atoms with E-state index in [1.54, 1.807) is 18.2 Å². The number of alkyl halides is 3. The molecular weight excluding hydrogens is 391 g/mol. The minimum atomic E-state index is -4.42. The number of anilines is 1. The van der Waals surface area contributed by atoms with Crippen LogP contribution in [-0.2, 0) is 12.8 Å². The Morgan fingerprint density at radius 2 is 1.79 bits per heavy atom. The molecule has 0 bridgehead atoms. The Bertz CT molecular complexity index is 942. The van der Waals surface area contributed by atoms with Crippen LogP contribution in [0.4, 0.5) is 19.0 Å². The van der Waals surface area contributed by atoms with E-state index in [1.807, 2.05) is 30.3 Å². The Kier molecular flexibility index (Phi) is 6.16. The number of halogens is 4. The second-order valence-corrected chi connectivity index (χ2v) is 6.19. The smallest absolute Gasteiger partial charge is 0.417 e. The second kappa shape index (κ2) is 8.75. The first-order chi connectivity index (χ1) is 13.4. The summed E-state index contributed by atoms with van der Waals surface area (Å²) in [4.78, 5) is 3.69. The van der Waals surface area contributed by atoms with Gasteiger partial charge in [-0.3, -0.25) is 5.43 Å². The molecule has 1 N–H and O–H groups in total. The Hall–Kier alpha value is -3.06. The van der Waals surface area contributed by atoms with Crippen LogP contribution in [0.3, 0.4) is 0 Å². The lowest BCUT2D eigenvalue weighted by atomic mass is 10.2. The summed E-state index contributed by atoms with van der Waals surface area (Å²) in [5.41, 5.74) is 3.45. The number of hydrazone groups is 1. The lowest BCUT2D eigenvalue weighted by Crippen LogP contribution is -2.05. The van der Waals surface area contributed by atoms with Gasteiger partial charge in [-0.15, -0.1) is 0 Å². The highest BCUT2D eigenvalue weighted by Crippen LogP contribution is 2.28. The summed E-state index contributed by atoms with van der Waals surface area (Å²) in [5, 5.41) is 4.67. The van der Waals surface area contributed by atoms with Gasteiger partial charge in [-0.1, -0.05) is 35.9 Å². The predicted molar refractivity (Wildman–Crippen MR) is 103 cm³/mol. The fourth-order valence-electron chi connectivity index (χ4n) is 2.26. The van der Waals surface area contributed by atoms with Gasteiger partial charge in [-0.2, -0.15) is 18.3 Å². The van der Waals surface area contributed by atoms with Crippen molar-refractivity contribution >= 4 is 23.6 Å². The fourth-order valence-corrected chi connectivity index (χ4v) is 2.38. The van der Waals surface area contributed by atoms with Gasteiger partial charge in [-0.25, -0.2) is 4.98 Å². The maximum atomic E-state index is 12.5. The van der Waals surface area contributed by atoms with E-state index in [1.165, 1.54) is 12.3 Å². The number of para-hydroxylation sites is 1. The van der Waals surface area contributed by atoms with Crippen molar-refractivity contribution in [2.24, 2.45) is 5.10 Å². The van der Waals surface area contributed by atoms with Crippen molar-refractivity contribution in [3.8, 4) is 5.75 Å². The first-order valence-corrected chi connectivity index (χ1v) is 8.58. The van der Waals surface area contributed by atoms with Crippen molar-refractivity contribution in [1.29, 1.82) is 0 Å². The zero-order valence-electron chi connectivity index (χ0n) is 14.4. The molecule has 0 radical (unpaired) electrons. The highest BCUT2D eigenvalue weighted by molar-refractivity contribution is 6.30. The molecule has 0 unspecified atom stereocenters. The van der Waals surface area contributed by atoms with Gasteiger partial charge in [0.15, 0.2) is 0 Å². The van der Waals surface area contributed by atoms with Crippen molar-refractivity contribution in [1.82, 2.24) is 4.98 Å². The Morgan fingerprint density at radius 1 is 1.04 bits per heavy atom. The number of nitrogens with one attached hydrogen (secondary N) is 1. The molecule has 0 amide bonds. The Balaban J connectivity index is 1.63. The van der Waals surface area contributed by atoms with Crippen LogP contribution in [0.25, 0.3) is 0 Å². The van der Waals surface area contributed by atoms with Gasteiger partial charge in [0.05, 0.1) is 11.8 Å². The Morgan fingerprint density at radius 3 is 2.46 bits per heavy atom. The van der Waals surface area contributed by atoms with Gasteiger partial charge in [0.2, 0.25) is 0 Å². The summed E-state index contributed by atoms with van der Waals surface area (Å²) in [6.45, 7) is 0.357. The van der Waals surface area contributed by atoms with Gasteiger partial charge >= 0.3 is 6.18 Å². The first-order valence-electron chi connectivity index (χ1n) is 8.20. The van der Waals surface area contributed by atoms with Crippen LogP contribution in [0.5, 0.6) is 5.75 Å². The lowest BCUT2D eigenvalue weighted by Gasteiger charge is -2.09. The molecule has 1 heterocycles. The molecule has 0 fully saturated rings. The van der Waals surface area contributed by atoms with E-state index in [2.05, 4.69) is 15.5 Å². The maximum Gasteiger partial charge on any atom is 0.417 e. The van der Waals surface area contributed by atoms with E-state index < -0.39 is 11.7 Å². The molecule has 28 heavy (non-hydrogen) atoms. The van der Waals surface area contributed by atoms with E-state index in [-0.39, 0.29) is 5.82 Å². The fraction of sp³-hybridized carbons (Fsp3) is 0.100. The average Bonchev–Trinajstić information content (AvgIpc) is 2.68. The van der Waals surface area contributed by atoms with Crippen molar-refractivity contribution in [3.05, 3.63) is 88.6 Å². The summed E-state index contributed by atoms with van der Waals surface area (Å²) >= 11 is 5.87. The van der Waals surface area contributed by atoms with Crippen molar-refractivity contribution < 1.29 is 17.9 Å².